The van der Waals surface area contributed by atoms with Crippen molar-refractivity contribution in [2.24, 2.45) is 0 Å². The van der Waals surface area contributed by atoms with E-state index >= 15 is 0 Å². The summed E-state index contributed by atoms with van der Waals surface area (Å²) in [5.74, 6) is 1.17. The summed E-state index contributed by atoms with van der Waals surface area (Å²) < 4.78 is 5.48. The van der Waals surface area contributed by atoms with Gasteiger partial charge in [-0.2, -0.15) is 0 Å². The average Bonchev–Trinajstić information content (AvgIpc) is 2.72. The Morgan fingerprint density at radius 3 is 2.86 bits per heavy atom. The van der Waals surface area contributed by atoms with Gasteiger partial charge in [0.05, 0.1) is 18.6 Å². The number of benzene rings is 1. The molecule has 0 saturated carbocycles. The van der Waals surface area contributed by atoms with Gasteiger partial charge in [-0.1, -0.05) is 37.2 Å². The summed E-state index contributed by atoms with van der Waals surface area (Å²) in [5.41, 5.74) is 1.65. The zero-order chi connectivity index (χ0) is 20.8. The Morgan fingerprint density at radius 1 is 1.34 bits per heavy atom. The van der Waals surface area contributed by atoms with E-state index in [1.165, 1.54) is 17.8 Å². The first kappa shape index (κ1) is 21.2. The Kier molecular flexibility index (Phi) is 7.19. The summed E-state index contributed by atoms with van der Waals surface area (Å²) in [5, 5.41) is 0.509. The molecule has 1 amide bonds. The van der Waals surface area contributed by atoms with E-state index in [1.54, 1.807) is 7.11 Å². The van der Waals surface area contributed by atoms with Gasteiger partial charge in [-0.3, -0.25) is 9.59 Å². The number of carbonyl (C=O) groups is 1. The molecule has 1 aromatic heterocycles. The van der Waals surface area contributed by atoms with Crippen LogP contribution in [0.2, 0.25) is 0 Å². The second-order valence-electron chi connectivity index (χ2n) is 7.13. The van der Waals surface area contributed by atoms with E-state index in [2.05, 4.69) is 21.8 Å². The number of nitrogens with zero attached hydrogens (tertiary/aromatic N) is 3. The number of aromatic nitrogens is 2. The van der Waals surface area contributed by atoms with E-state index in [4.69, 9.17) is 4.74 Å². The number of hydrogen-bond acceptors (Lipinski definition) is 6. The van der Waals surface area contributed by atoms with Crippen LogP contribution in [0.1, 0.15) is 26.0 Å². The Bertz CT molecular complexity index is 901. The normalized spacial score (nSPS) is 16.7. The van der Waals surface area contributed by atoms with Crippen LogP contribution < -0.4 is 15.2 Å². The third-order valence-electron chi connectivity index (χ3n) is 4.99. The topological polar surface area (TPSA) is 78.5 Å². The van der Waals surface area contributed by atoms with Crippen LogP contribution in [0.4, 0.5) is 5.69 Å². The van der Waals surface area contributed by atoms with Crippen LogP contribution in [0.15, 0.2) is 40.3 Å². The number of methoxy groups -OCH3 is 1. The lowest BCUT2D eigenvalue weighted by molar-refractivity contribution is -0.129. The quantitative estimate of drug-likeness (QED) is 0.552. The molecule has 1 fully saturated rings. The van der Waals surface area contributed by atoms with Crippen molar-refractivity contribution in [1.29, 1.82) is 0 Å². The molecule has 1 atom stereocenters. The Morgan fingerprint density at radius 2 is 2.14 bits per heavy atom. The predicted octanol–water partition coefficient (Wildman–Crippen LogP) is 2.56. The zero-order valence-corrected chi connectivity index (χ0v) is 18.0. The predicted molar refractivity (Wildman–Crippen MR) is 116 cm³/mol. The van der Waals surface area contributed by atoms with Crippen LogP contribution in [0.3, 0.4) is 0 Å². The van der Waals surface area contributed by atoms with Crippen molar-refractivity contribution in [2.75, 3.05) is 37.4 Å². The minimum Gasteiger partial charge on any atom is -0.495 e. The Labute approximate surface area is 175 Å². The van der Waals surface area contributed by atoms with E-state index in [0.29, 0.717) is 18.2 Å². The van der Waals surface area contributed by atoms with E-state index in [0.717, 1.165) is 36.5 Å². The van der Waals surface area contributed by atoms with E-state index < -0.39 is 0 Å². The number of H-pyrrole nitrogens is 1. The van der Waals surface area contributed by atoms with Gasteiger partial charge in [-0.15, -0.1) is 0 Å². The number of para-hydroxylation sites is 2. The van der Waals surface area contributed by atoms with Crippen molar-refractivity contribution >= 4 is 23.4 Å². The molecule has 1 aliphatic rings. The minimum atomic E-state index is -0.169. The van der Waals surface area contributed by atoms with E-state index in [9.17, 15) is 9.59 Å². The van der Waals surface area contributed by atoms with Crippen molar-refractivity contribution in [3.05, 3.63) is 46.4 Å². The fourth-order valence-electron chi connectivity index (χ4n) is 3.57. The first-order valence-corrected chi connectivity index (χ1v) is 10.9. The van der Waals surface area contributed by atoms with Crippen LogP contribution in [-0.4, -0.2) is 59.3 Å². The van der Waals surface area contributed by atoms with Crippen molar-refractivity contribution in [3.8, 4) is 5.75 Å². The summed E-state index contributed by atoms with van der Waals surface area (Å²) in [6.07, 6.45) is 1.68. The number of aryl methyl sites for hydroxylation is 1. The molecule has 29 heavy (non-hydrogen) atoms. The van der Waals surface area contributed by atoms with Crippen LogP contribution in [0.25, 0.3) is 0 Å². The van der Waals surface area contributed by atoms with Gasteiger partial charge >= 0.3 is 0 Å². The number of ether oxygens (including phenoxy) is 1. The molecule has 1 aliphatic heterocycles. The summed E-state index contributed by atoms with van der Waals surface area (Å²) in [4.78, 5) is 35.8. The molecule has 0 radical (unpaired) electrons. The third-order valence-corrected chi connectivity index (χ3v) is 5.84. The molecule has 0 bridgehead atoms. The highest BCUT2D eigenvalue weighted by molar-refractivity contribution is 7.99. The smallest absolute Gasteiger partial charge is 0.251 e. The number of aromatic amines is 1. The van der Waals surface area contributed by atoms with Gasteiger partial charge in [-0.25, -0.2) is 4.98 Å². The lowest BCUT2D eigenvalue weighted by atomic mass is 10.1. The molecule has 2 aromatic rings. The second-order valence-corrected chi connectivity index (χ2v) is 8.10. The van der Waals surface area contributed by atoms with Gasteiger partial charge in [0.1, 0.15) is 5.75 Å². The van der Waals surface area contributed by atoms with Gasteiger partial charge in [-0.05, 0) is 25.5 Å². The van der Waals surface area contributed by atoms with Gasteiger partial charge in [0.25, 0.3) is 5.56 Å². The van der Waals surface area contributed by atoms with Crippen molar-refractivity contribution < 1.29 is 9.53 Å². The molecule has 1 aromatic carbocycles. The first-order valence-electron chi connectivity index (χ1n) is 9.92. The number of nitrogens with one attached hydrogen (secondary N) is 1. The first-order chi connectivity index (χ1) is 14.0. The molecule has 1 unspecified atom stereocenters. The maximum atomic E-state index is 12.7. The van der Waals surface area contributed by atoms with Crippen LogP contribution in [-0.2, 0) is 11.2 Å². The summed E-state index contributed by atoms with van der Waals surface area (Å²) >= 11 is 1.29. The average molecular weight is 417 g/mol. The summed E-state index contributed by atoms with van der Waals surface area (Å²) in [6, 6.07) is 9.66. The SMILES string of the molecule is CCCc1cc(=O)[nH]c(SCC(=O)N2CCN(c3ccccc3OC)C(C)C2)n1. The standard InChI is InChI=1S/C21H28N4O3S/c1-4-7-16-12-19(26)23-21(22-16)29-14-20(27)24-10-11-25(15(2)13-24)17-8-5-6-9-18(17)28-3/h5-6,8-9,12,15H,4,7,10-11,13-14H2,1-3H3,(H,22,23,26). The lowest BCUT2D eigenvalue weighted by Crippen LogP contribution is -2.54. The van der Waals surface area contributed by atoms with Crippen molar-refractivity contribution in [2.45, 2.75) is 37.9 Å². The van der Waals surface area contributed by atoms with Crippen molar-refractivity contribution in [3.63, 3.8) is 0 Å². The van der Waals surface area contributed by atoms with E-state index in [1.807, 2.05) is 36.1 Å². The number of anilines is 1. The molecule has 8 heteroatoms. The highest BCUT2D eigenvalue weighted by Gasteiger charge is 2.28. The number of thioether (sulfide) groups is 1. The molecule has 1 saturated heterocycles. The molecular formula is C21H28N4O3S. The molecule has 2 heterocycles. The van der Waals surface area contributed by atoms with Gasteiger partial charge < -0.3 is 19.5 Å². The second kappa shape index (κ2) is 9.82. The van der Waals surface area contributed by atoms with Gasteiger partial charge in [0, 0.05) is 37.4 Å². The highest BCUT2D eigenvalue weighted by Crippen LogP contribution is 2.30. The monoisotopic (exact) mass is 416 g/mol. The molecule has 7 nitrogen and oxygen atoms in total. The summed E-state index contributed by atoms with van der Waals surface area (Å²) in [6.45, 7) is 6.22. The minimum absolute atomic E-state index is 0.0603. The van der Waals surface area contributed by atoms with Gasteiger partial charge in [0.15, 0.2) is 5.16 Å². The number of carbonyl (C=O) groups excluding carboxylic acids is 1. The maximum absolute atomic E-state index is 12.7. The number of hydrogen-bond donors (Lipinski definition) is 1. The van der Waals surface area contributed by atoms with Crippen LogP contribution in [0, 0.1) is 0 Å². The fourth-order valence-corrected chi connectivity index (χ4v) is 4.36. The van der Waals surface area contributed by atoms with Crippen LogP contribution in [0.5, 0.6) is 5.75 Å². The summed E-state index contributed by atoms with van der Waals surface area (Å²) in [7, 11) is 1.67. The van der Waals surface area contributed by atoms with E-state index in [-0.39, 0.29) is 23.3 Å². The molecule has 0 aliphatic carbocycles. The third kappa shape index (κ3) is 5.32. The molecular weight excluding hydrogens is 388 g/mol. The highest BCUT2D eigenvalue weighted by atomic mass is 32.2. The zero-order valence-electron chi connectivity index (χ0n) is 17.2. The molecule has 1 N–H and O–H groups in total. The van der Waals surface area contributed by atoms with Crippen molar-refractivity contribution in [1.82, 2.24) is 14.9 Å². The Balaban J connectivity index is 1.59. The maximum Gasteiger partial charge on any atom is 0.251 e. The molecule has 3 rings (SSSR count). The largest absolute Gasteiger partial charge is 0.495 e. The van der Waals surface area contributed by atoms with Gasteiger partial charge in [0.2, 0.25) is 5.91 Å². The number of piperazine rings is 1. The lowest BCUT2D eigenvalue weighted by Gasteiger charge is -2.41. The van der Waals surface area contributed by atoms with Crippen LogP contribution >= 0.6 is 11.8 Å². The fraction of sp³-hybridized carbons (Fsp3) is 0.476. The molecule has 0 spiro atoms. The number of amides is 1. The Hall–Kier alpha value is -2.48. The molecule has 156 valence electrons. The number of rotatable bonds is 7.